The number of carbonyl (C=O) groups excluding carboxylic acids is 1. The lowest BCUT2D eigenvalue weighted by molar-refractivity contribution is -0.136. The zero-order valence-corrected chi connectivity index (χ0v) is 9.96. The number of hydrogen-bond acceptors (Lipinski definition) is 3. The standard InChI is InChI=1S/C12H19N3O2/c16-10-9-15(11-3-1-4-11)12(17)5-8-14-7-2-6-13-14/h2,6-7,11,16H,1,3-5,8-10H2. The van der Waals surface area contributed by atoms with Crippen molar-refractivity contribution in [2.75, 3.05) is 13.2 Å². The van der Waals surface area contributed by atoms with Crippen molar-refractivity contribution < 1.29 is 9.90 Å². The van der Waals surface area contributed by atoms with E-state index < -0.39 is 0 Å². The predicted molar refractivity (Wildman–Crippen MR) is 63.3 cm³/mol. The smallest absolute Gasteiger partial charge is 0.224 e. The summed E-state index contributed by atoms with van der Waals surface area (Å²) >= 11 is 0. The fraction of sp³-hybridized carbons (Fsp3) is 0.667. The molecule has 0 aromatic carbocycles. The van der Waals surface area contributed by atoms with E-state index in [9.17, 15) is 4.79 Å². The Morgan fingerprint density at radius 1 is 1.53 bits per heavy atom. The molecule has 0 unspecified atom stereocenters. The van der Waals surface area contributed by atoms with Crippen LogP contribution in [0.5, 0.6) is 0 Å². The van der Waals surface area contributed by atoms with Crippen molar-refractivity contribution in [3.05, 3.63) is 18.5 Å². The van der Waals surface area contributed by atoms with Gasteiger partial charge in [-0.05, 0) is 25.3 Å². The van der Waals surface area contributed by atoms with E-state index in [1.807, 2.05) is 17.2 Å². The minimum absolute atomic E-state index is 0.0456. The SMILES string of the molecule is O=C(CCn1cccn1)N(CCO)C1CCC1. The summed E-state index contributed by atoms with van der Waals surface area (Å²) in [4.78, 5) is 13.9. The Hall–Kier alpha value is -1.36. The third-order valence-corrected chi connectivity index (χ3v) is 3.29. The fourth-order valence-corrected chi connectivity index (χ4v) is 2.10. The first kappa shape index (κ1) is 12.1. The highest BCUT2D eigenvalue weighted by molar-refractivity contribution is 5.76. The van der Waals surface area contributed by atoms with Crippen molar-refractivity contribution in [2.45, 2.75) is 38.3 Å². The van der Waals surface area contributed by atoms with Crippen molar-refractivity contribution in [1.82, 2.24) is 14.7 Å². The Morgan fingerprint density at radius 2 is 2.35 bits per heavy atom. The molecule has 2 rings (SSSR count). The van der Waals surface area contributed by atoms with Gasteiger partial charge in [-0.25, -0.2) is 0 Å². The highest BCUT2D eigenvalue weighted by atomic mass is 16.3. The normalized spacial score (nSPS) is 15.6. The number of nitrogens with zero attached hydrogens (tertiary/aromatic N) is 3. The van der Waals surface area contributed by atoms with Crippen LogP contribution in [-0.4, -0.2) is 44.9 Å². The average molecular weight is 237 g/mol. The number of rotatable bonds is 6. The lowest BCUT2D eigenvalue weighted by Crippen LogP contribution is -2.45. The maximum absolute atomic E-state index is 12.0. The van der Waals surface area contributed by atoms with Crippen LogP contribution in [-0.2, 0) is 11.3 Å². The monoisotopic (exact) mass is 237 g/mol. The minimum Gasteiger partial charge on any atom is -0.395 e. The average Bonchev–Trinajstić information content (AvgIpc) is 2.75. The molecule has 0 aliphatic heterocycles. The summed E-state index contributed by atoms with van der Waals surface area (Å²) in [6, 6.07) is 2.20. The number of aliphatic hydroxyl groups is 1. The van der Waals surface area contributed by atoms with Crippen molar-refractivity contribution in [3.8, 4) is 0 Å². The number of aliphatic hydroxyl groups excluding tert-OH is 1. The zero-order valence-electron chi connectivity index (χ0n) is 9.96. The van der Waals surface area contributed by atoms with E-state index in [0.29, 0.717) is 25.6 Å². The molecule has 0 atom stereocenters. The molecule has 94 valence electrons. The van der Waals surface area contributed by atoms with Gasteiger partial charge >= 0.3 is 0 Å². The molecule has 5 heteroatoms. The third kappa shape index (κ3) is 3.06. The first-order valence-corrected chi connectivity index (χ1v) is 6.19. The number of carbonyl (C=O) groups is 1. The van der Waals surface area contributed by atoms with Gasteiger partial charge in [-0.3, -0.25) is 9.48 Å². The molecule has 1 aliphatic rings. The minimum atomic E-state index is 0.0456. The van der Waals surface area contributed by atoms with Gasteiger partial charge in [0.25, 0.3) is 0 Å². The van der Waals surface area contributed by atoms with Crippen LogP contribution in [0.1, 0.15) is 25.7 Å². The van der Waals surface area contributed by atoms with Gasteiger partial charge < -0.3 is 10.0 Å². The number of hydrogen-bond donors (Lipinski definition) is 1. The molecule has 1 aromatic heterocycles. The molecule has 1 aromatic rings. The molecule has 5 nitrogen and oxygen atoms in total. The van der Waals surface area contributed by atoms with E-state index in [0.717, 1.165) is 12.8 Å². The molecule has 0 radical (unpaired) electrons. The van der Waals surface area contributed by atoms with Crippen LogP contribution in [0.4, 0.5) is 0 Å². The molecule has 1 fully saturated rings. The summed E-state index contributed by atoms with van der Waals surface area (Å²) in [5, 5.41) is 13.1. The quantitative estimate of drug-likeness (QED) is 0.790. The van der Waals surface area contributed by atoms with Crippen LogP contribution >= 0.6 is 0 Å². The molecule has 1 N–H and O–H groups in total. The summed E-state index contributed by atoms with van der Waals surface area (Å²) in [5.41, 5.74) is 0. The molecule has 1 amide bonds. The maximum atomic E-state index is 12.0. The van der Waals surface area contributed by atoms with Gasteiger partial charge in [0.15, 0.2) is 0 Å². The summed E-state index contributed by atoms with van der Waals surface area (Å²) < 4.78 is 1.76. The first-order chi connectivity index (χ1) is 8.31. The molecular formula is C12H19N3O2. The molecular weight excluding hydrogens is 218 g/mol. The highest BCUT2D eigenvalue weighted by Crippen LogP contribution is 2.25. The topological polar surface area (TPSA) is 58.4 Å². The molecule has 0 bridgehead atoms. The molecule has 1 heterocycles. The lowest BCUT2D eigenvalue weighted by atomic mass is 9.91. The summed E-state index contributed by atoms with van der Waals surface area (Å²) in [6.07, 6.45) is 7.37. The van der Waals surface area contributed by atoms with E-state index in [4.69, 9.17) is 5.11 Å². The van der Waals surface area contributed by atoms with Gasteiger partial charge in [0.1, 0.15) is 0 Å². The van der Waals surface area contributed by atoms with Gasteiger partial charge in [0.05, 0.1) is 6.61 Å². The third-order valence-electron chi connectivity index (χ3n) is 3.29. The molecule has 1 aliphatic carbocycles. The van der Waals surface area contributed by atoms with Crippen molar-refractivity contribution in [1.29, 1.82) is 0 Å². The largest absolute Gasteiger partial charge is 0.395 e. The van der Waals surface area contributed by atoms with Gasteiger partial charge in [0.2, 0.25) is 5.91 Å². The number of aromatic nitrogens is 2. The van der Waals surface area contributed by atoms with Gasteiger partial charge in [-0.1, -0.05) is 0 Å². The highest BCUT2D eigenvalue weighted by Gasteiger charge is 2.27. The lowest BCUT2D eigenvalue weighted by Gasteiger charge is -2.37. The van der Waals surface area contributed by atoms with E-state index in [1.165, 1.54) is 6.42 Å². The molecule has 17 heavy (non-hydrogen) atoms. The van der Waals surface area contributed by atoms with Gasteiger partial charge in [0, 0.05) is 37.9 Å². The van der Waals surface area contributed by atoms with Gasteiger partial charge in [-0.2, -0.15) is 5.10 Å². The predicted octanol–water partition coefficient (Wildman–Crippen LogP) is 0.647. The second kappa shape index (κ2) is 5.82. The molecule has 0 saturated heterocycles. The second-order valence-electron chi connectivity index (χ2n) is 4.41. The van der Waals surface area contributed by atoms with E-state index in [-0.39, 0.29) is 12.5 Å². The van der Waals surface area contributed by atoms with E-state index in [2.05, 4.69) is 5.10 Å². The fourth-order valence-electron chi connectivity index (χ4n) is 2.10. The maximum Gasteiger partial charge on any atom is 0.224 e. The van der Waals surface area contributed by atoms with Crippen molar-refractivity contribution in [3.63, 3.8) is 0 Å². The van der Waals surface area contributed by atoms with Crippen LogP contribution in [0, 0.1) is 0 Å². The second-order valence-corrected chi connectivity index (χ2v) is 4.41. The number of aryl methyl sites for hydroxylation is 1. The first-order valence-electron chi connectivity index (χ1n) is 6.19. The number of amides is 1. The van der Waals surface area contributed by atoms with Crippen LogP contribution < -0.4 is 0 Å². The Bertz CT molecular complexity index is 347. The summed E-state index contributed by atoms with van der Waals surface area (Å²) in [5.74, 6) is 0.124. The van der Waals surface area contributed by atoms with Crippen LogP contribution in [0.15, 0.2) is 18.5 Å². The Balaban J connectivity index is 1.83. The Morgan fingerprint density at radius 3 is 2.88 bits per heavy atom. The van der Waals surface area contributed by atoms with Crippen LogP contribution in [0.25, 0.3) is 0 Å². The summed E-state index contributed by atoms with van der Waals surface area (Å²) in [6.45, 7) is 1.12. The molecule has 0 spiro atoms. The Kier molecular flexibility index (Phi) is 4.14. The Labute approximate surface area is 101 Å². The molecule has 1 saturated carbocycles. The van der Waals surface area contributed by atoms with Crippen LogP contribution in [0.3, 0.4) is 0 Å². The van der Waals surface area contributed by atoms with E-state index >= 15 is 0 Å². The van der Waals surface area contributed by atoms with E-state index in [1.54, 1.807) is 10.9 Å². The zero-order chi connectivity index (χ0) is 12.1. The van der Waals surface area contributed by atoms with Gasteiger partial charge in [-0.15, -0.1) is 0 Å². The summed E-state index contributed by atoms with van der Waals surface area (Å²) in [7, 11) is 0. The van der Waals surface area contributed by atoms with Crippen molar-refractivity contribution in [2.24, 2.45) is 0 Å². The van der Waals surface area contributed by atoms with Crippen molar-refractivity contribution >= 4 is 5.91 Å². The van der Waals surface area contributed by atoms with Crippen LogP contribution in [0.2, 0.25) is 0 Å².